The number of H-pyrrole nitrogens is 1. The van der Waals surface area contributed by atoms with Gasteiger partial charge in [0.05, 0.1) is 18.2 Å². The first-order chi connectivity index (χ1) is 15.9. The third kappa shape index (κ3) is 5.97. The maximum atomic E-state index is 12.9. The molecule has 0 spiro atoms. The zero-order valence-electron chi connectivity index (χ0n) is 17.9. The zero-order valence-corrected chi connectivity index (χ0v) is 17.9. The van der Waals surface area contributed by atoms with E-state index in [1.165, 1.54) is 4.90 Å². The minimum Gasteiger partial charge on any atom is -0.449 e. The number of pyridine rings is 1. The van der Waals surface area contributed by atoms with E-state index < -0.39 is 35.1 Å². The topological polar surface area (TPSA) is 91.4 Å². The number of carbonyl (C=O) groups excluding carboxylic acids is 1. The van der Waals surface area contributed by atoms with Gasteiger partial charge in [0, 0.05) is 44.6 Å². The number of nitrogens with one attached hydrogen (secondary N) is 1. The van der Waals surface area contributed by atoms with Gasteiger partial charge in [-0.25, -0.2) is 14.8 Å². The zero-order chi connectivity index (χ0) is 25.1. The van der Waals surface area contributed by atoms with Crippen LogP contribution in [0.2, 0.25) is 0 Å². The van der Waals surface area contributed by atoms with Gasteiger partial charge in [-0.3, -0.25) is 4.79 Å². The predicted octanol–water partition coefficient (Wildman–Crippen LogP) is 3.48. The van der Waals surface area contributed by atoms with Crippen molar-refractivity contribution >= 4 is 12.0 Å². The highest BCUT2D eigenvalue weighted by Crippen LogP contribution is 2.29. The van der Waals surface area contributed by atoms with E-state index in [0.29, 0.717) is 24.9 Å². The Morgan fingerprint density at radius 1 is 1.15 bits per heavy atom. The number of aromatic amines is 1. The van der Waals surface area contributed by atoms with Gasteiger partial charge in [0.15, 0.2) is 0 Å². The summed E-state index contributed by atoms with van der Waals surface area (Å²) in [5, 5.41) is 0. The van der Waals surface area contributed by atoms with Crippen molar-refractivity contribution in [1.29, 1.82) is 0 Å². The smallest absolute Gasteiger partial charge is 0.421 e. The molecule has 34 heavy (non-hydrogen) atoms. The number of halogens is 6. The van der Waals surface area contributed by atoms with Crippen molar-refractivity contribution in [2.24, 2.45) is 0 Å². The summed E-state index contributed by atoms with van der Waals surface area (Å²) in [5.74, 6) is 0.109. The summed E-state index contributed by atoms with van der Waals surface area (Å²) in [4.78, 5) is 36.5. The molecule has 3 heterocycles. The number of nitrogens with zero attached hydrogens (tertiary/aromatic N) is 4. The highest BCUT2D eigenvalue weighted by atomic mass is 19.4. The maximum Gasteiger partial charge on any atom is 0.421 e. The van der Waals surface area contributed by atoms with E-state index >= 15 is 0 Å². The average Bonchev–Trinajstić information content (AvgIpc) is 2.78. The fourth-order valence-corrected chi connectivity index (χ4v) is 3.48. The monoisotopic (exact) mass is 493 g/mol. The molecule has 1 aliphatic rings. The van der Waals surface area contributed by atoms with Gasteiger partial charge in [0.25, 0.3) is 5.56 Å². The van der Waals surface area contributed by atoms with Crippen molar-refractivity contribution < 1.29 is 35.9 Å². The number of alkyl halides is 6. The van der Waals surface area contributed by atoms with Crippen LogP contribution in [0.15, 0.2) is 29.5 Å². The summed E-state index contributed by atoms with van der Waals surface area (Å²) in [6, 6.07) is 0.377. The van der Waals surface area contributed by atoms with Crippen LogP contribution < -0.4 is 10.5 Å². The highest BCUT2D eigenvalue weighted by molar-refractivity contribution is 5.68. The Kier molecular flexibility index (Phi) is 7.36. The van der Waals surface area contributed by atoms with Crippen molar-refractivity contribution in [3.63, 3.8) is 0 Å². The lowest BCUT2D eigenvalue weighted by Crippen LogP contribution is -2.55. The van der Waals surface area contributed by atoms with Gasteiger partial charge in [-0.1, -0.05) is 6.92 Å². The summed E-state index contributed by atoms with van der Waals surface area (Å²) in [7, 11) is 0. The number of carbonyl (C=O) groups is 1. The molecule has 0 bridgehead atoms. The Hall–Kier alpha value is -3.32. The number of amides is 1. The van der Waals surface area contributed by atoms with E-state index in [-0.39, 0.29) is 50.2 Å². The van der Waals surface area contributed by atoms with Gasteiger partial charge in [0.1, 0.15) is 5.56 Å². The number of anilines is 1. The summed E-state index contributed by atoms with van der Waals surface area (Å²) >= 11 is 0. The second-order valence-electron chi connectivity index (χ2n) is 7.58. The van der Waals surface area contributed by atoms with E-state index in [9.17, 15) is 35.9 Å². The second kappa shape index (κ2) is 9.89. The van der Waals surface area contributed by atoms with Crippen molar-refractivity contribution in [2.45, 2.75) is 38.2 Å². The van der Waals surface area contributed by atoms with Crippen LogP contribution in [0.5, 0.6) is 0 Å². The molecule has 1 saturated heterocycles. The van der Waals surface area contributed by atoms with E-state index in [0.717, 1.165) is 6.20 Å². The SMILES string of the molecule is CC[C@@H]1CN(c2ncc(C(F)(F)F)cn2)CCN1C(=O)OCCc1c[nH]c(=O)c(C(F)(F)F)c1. The van der Waals surface area contributed by atoms with Crippen LogP contribution in [0.4, 0.5) is 37.1 Å². The molecule has 0 aromatic carbocycles. The quantitative estimate of drug-likeness (QED) is 0.642. The molecule has 0 saturated carbocycles. The van der Waals surface area contributed by atoms with Gasteiger partial charge < -0.3 is 19.5 Å². The minimum absolute atomic E-state index is 0.0399. The molecule has 186 valence electrons. The fourth-order valence-electron chi connectivity index (χ4n) is 3.48. The molecule has 0 radical (unpaired) electrons. The van der Waals surface area contributed by atoms with Gasteiger partial charge in [-0.05, 0) is 18.1 Å². The number of aromatic nitrogens is 3. The summed E-state index contributed by atoms with van der Waals surface area (Å²) in [6.07, 6.45) is -7.01. The normalized spacial score (nSPS) is 17.1. The summed E-state index contributed by atoms with van der Waals surface area (Å²) in [6.45, 7) is 2.33. The van der Waals surface area contributed by atoms with Crippen LogP contribution in [-0.2, 0) is 23.5 Å². The van der Waals surface area contributed by atoms with Crippen LogP contribution in [0.3, 0.4) is 0 Å². The van der Waals surface area contributed by atoms with Crippen LogP contribution in [0.25, 0.3) is 0 Å². The fraction of sp³-hybridized carbons (Fsp3) is 0.500. The molecule has 1 fully saturated rings. The molecule has 0 unspecified atom stereocenters. The van der Waals surface area contributed by atoms with Gasteiger partial charge >= 0.3 is 18.4 Å². The second-order valence-corrected chi connectivity index (χ2v) is 7.58. The lowest BCUT2D eigenvalue weighted by atomic mass is 10.1. The molecule has 14 heteroatoms. The highest BCUT2D eigenvalue weighted by Gasteiger charge is 2.35. The predicted molar refractivity (Wildman–Crippen MR) is 107 cm³/mol. The standard InChI is InChI=1S/C20H21F6N5O3/c1-2-14-11-30(17-28-9-13(10-29-17)19(21,22)23)4-5-31(14)18(33)34-6-3-12-7-15(20(24,25)26)16(32)27-8-12/h7-10,14H,2-6,11H2,1H3,(H,27,32)/t14-/m1/s1. The first-order valence-corrected chi connectivity index (χ1v) is 10.3. The number of rotatable bonds is 5. The molecule has 2 aromatic heterocycles. The molecule has 1 N–H and O–H groups in total. The largest absolute Gasteiger partial charge is 0.449 e. The molecule has 1 atom stereocenters. The Bertz CT molecular complexity index is 1050. The first-order valence-electron chi connectivity index (χ1n) is 10.3. The van der Waals surface area contributed by atoms with Crippen LogP contribution in [0, 0.1) is 0 Å². The number of piperazine rings is 1. The van der Waals surface area contributed by atoms with Crippen molar-refractivity contribution in [3.05, 3.63) is 51.7 Å². The van der Waals surface area contributed by atoms with E-state index in [2.05, 4.69) is 9.97 Å². The lowest BCUT2D eigenvalue weighted by Gasteiger charge is -2.40. The third-order valence-electron chi connectivity index (χ3n) is 5.32. The Balaban J connectivity index is 1.57. The number of hydrogen-bond donors (Lipinski definition) is 1. The third-order valence-corrected chi connectivity index (χ3v) is 5.32. The molecule has 0 aliphatic carbocycles. The maximum absolute atomic E-state index is 12.9. The van der Waals surface area contributed by atoms with Crippen molar-refractivity contribution in [2.75, 3.05) is 31.1 Å². The van der Waals surface area contributed by atoms with Gasteiger partial charge in [0.2, 0.25) is 5.95 Å². The van der Waals surface area contributed by atoms with Crippen molar-refractivity contribution in [1.82, 2.24) is 19.9 Å². The number of ether oxygens (including phenoxy) is 1. The Labute approximate surface area is 189 Å². The van der Waals surface area contributed by atoms with Crippen LogP contribution in [0.1, 0.15) is 30.0 Å². The average molecular weight is 493 g/mol. The summed E-state index contributed by atoms with van der Waals surface area (Å²) in [5.41, 5.74) is -3.40. The minimum atomic E-state index is -4.80. The molecule has 1 amide bonds. The van der Waals surface area contributed by atoms with Gasteiger partial charge in [-0.15, -0.1) is 0 Å². The van der Waals surface area contributed by atoms with Gasteiger partial charge in [-0.2, -0.15) is 26.3 Å². The Morgan fingerprint density at radius 3 is 2.41 bits per heavy atom. The van der Waals surface area contributed by atoms with E-state index in [1.54, 1.807) is 4.90 Å². The van der Waals surface area contributed by atoms with E-state index in [1.807, 2.05) is 11.9 Å². The molecular weight excluding hydrogens is 472 g/mol. The molecule has 8 nitrogen and oxygen atoms in total. The Morgan fingerprint density at radius 2 is 1.82 bits per heavy atom. The van der Waals surface area contributed by atoms with E-state index in [4.69, 9.17) is 4.74 Å². The molecule has 1 aliphatic heterocycles. The molecule has 3 rings (SSSR count). The number of hydrogen-bond acceptors (Lipinski definition) is 6. The molecular formula is C20H21F6N5O3. The van der Waals surface area contributed by atoms with Crippen molar-refractivity contribution in [3.8, 4) is 0 Å². The first kappa shape index (κ1) is 25.3. The summed E-state index contributed by atoms with van der Waals surface area (Å²) < 4.78 is 81.9. The lowest BCUT2D eigenvalue weighted by molar-refractivity contribution is -0.139. The van der Waals surface area contributed by atoms with Crippen LogP contribution >= 0.6 is 0 Å². The van der Waals surface area contributed by atoms with Crippen LogP contribution in [-0.4, -0.2) is 58.2 Å². The molecule has 2 aromatic rings.